The molecule has 0 radical (unpaired) electrons. The van der Waals surface area contributed by atoms with E-state index in [1.807, 2.05) is 37.3 Å². The Morgan fingerprint density at radius 3 is 2.77 bits per heavy atom. The van der Waals surface area contributed by atoms with E-state index in [0.29, 0.717) is 12.3 Å². The second kappa shape index (κ2) is 6.26. The molecule has 0 aliphatic rings. The zero-order chi connectivity index (χ0) is 15.4. The molecule has 22 heavy (non-hydrogen) atoms. The molecule has 3 aromatic rings. The van der Waals surface area contributed by atoms with E-state index in [1.54, 1.807) is 29.2 Å². The molecule has 0 unspecified atom stereocenters. The van der Waals surface area contributed by atoms with Crippen LogP contribution in [-0.4, -0.2) is 20.8 Å². The highest BCUT2D eigenvalue weighted by Crippen LogP contribution is 2.17. The van der Waals surface area contributed by atoms with Gasteiger partial charge in [0.05, 0.1) is 12.2 Å². The first-order chi connectivity index (χ1) is 10.7. The van der Waals surface area contributed by atoms with Gasteiger partial charge in [0, 0.05) is 18.5 Å². The van der Waals surface area contributed by atoms with Gasteiger partial charge >= 0.3 is 0 Å². The lowest BCUT2D eigenvalue weighted by molar-refractivity contribution is -0.123. The number of benzene rings is 1. The first kappa shape index (κ1) is 14.1. The molecule has 0 saturated heterocycles. The van der Waals surface area contributed by atoms with Crippen molar-refractivity contribution in [3.8, 4) is 0 Å². The van der Waals surface area contributed by atoms with Gasteiger partial charge in [0.25, 0.3) is 0 Å². The van der Waals surface area contributed by atoms with E-state index in [1.165, 1.54) is 0 Å². The molecule has 0 saturated carbocycles. The molecule has 0 bridgehead atoms. The Balaban J connectivity index is 1.78. The molecule has 0 fully saturated rings. The zero-order valence-corrected chi connectivity index (χ0v) is 12.1. The van der Waals surface area contributed by atoms with Gasteiger partial charge in [0.1, 0.15) is 0 Å². The number of nitrogens with zero attached hydrogens (tertiary/aromatic N) is 3. The van der Waals surface area contributed by atoms with Crippen LogP contribution in [0.15, 0.2) is 59.4 Å². The summed E-state index contributed by atoms with van der Waals surface area (Å²) in [5, 5.41) is 10.9. The smallest absolute Gasteiger partial charge is 0.249 e. The molecular formula is C16H16N4O2. The van der Waals surface area contributed by atoms with Crippen molar-refractivity contribution in [2.45, 2.75) is 19.5 Å². The number of aromatic nitrogens is 3. The van der Waals surface area contributed by atoms with Crippen molar-refractivity contribution in [3.05, 3.63) is 71.9 Å². The highest BCUT2D eigenvalue weighted by Gasteiger charge is 2.22. The number of hydrogen-bond donors (Lipinski definition) is 1. The van der Waals surface area contributed by atoms with Crippen molar-refractivity contribution in [1.82, 2.24) is 20.3 Å². The summed E-state index contributed by atoms with van der Waals surface area (Å²) in [5.74, 6) is 0.474. The van der Waals surface area contributed by atoms with Crippen LogP contribution in [0.3, 0.4) is 0 Å². The third-order valence-electron chi connectivity index (χ3n) is 3.27. The normalized spacial score (nSPS) is 12.0. The van der Waals surface area contributed by atoms with Gasteiger partial charge in [-0.15, -0.1) is 0 Å². The van der Waals surface area contributed by atoms with E-state index in [4.69, 9.17) is 4.52 Å². The minimum Gasteiger partial charge on any atom is -0.359 e. The molecule has 6 nitrogen and oxygen atoms in total. The van der Waals surface area contributed by atoms with Crippen LogP contribution < -0.4 is 5.32 Å². The Morgan fingerprint density at radius 2 is 2.14 bits per heavy atom. The van der Waals surface area contributed by atoms with Crippen LogP contribution in [0.25, 0.3) is 0 Å². The molecule has 3 rings (SSSR count). The van der Waals surface area contributed by atoms with Gasteiger partial charge in [0.15, 0.2) is 11.8 Å². The van der Waals surface area contributed by atoms with Crippen molar-refractivity contribution in [1.29, 1.82) is 0 Å². The third-order valence-corrected chi connectivity index (χ3v) is 3.27. The Hall–Kier alpha value is -2.89. The summed E-state index contributed by atoms with van der Waals surface area (Å²) in [4.78, 5) is 12.6. The molecule has 0 spiro atoms. The van der Waals surface area contributed by atoms with Gasteiger partial charge < -0.3 is 9.84 Å². The largest absolute Gasteiger partial charge is 0.359 e. The number of carbonyl (C=O) groups excluding carboxylic acids is 1. The maximum atomic E-state index is 12.6. The van der Waals surface area contributed by atoms with E-state index in [2.05, 4.69) is 15.6 Å². The average Bonchev–Trinajstić information content (AvgIpc) is 3.18. The highest BCUT2D eigenvalue weighted by atomic mass is 16.5. The van der Waals surface area contributed by atoms with E-state index in [9.17, 15) is 4.79 Å². The maximum Gasteiger partial charge on any atom is 0.249 e. The van der Waals surface area contributed by atoms with Crippen LogP contribution in [0.2, 0.25) is 0 Å². The minimum atomic E-state index is -0.514. The van der Waals surface area contributed by atoms with Crippen molar-refractivity contribution in [2.24, 2.45) is 0 Å². The Labute approximate surface area is 127 Å². The zero-order valence-electron chi connectivity index (χ0n) is 12.1. The number of nitrogens with one attached hydrogen (secondary N) is 1. The summed E-state index contributed by atoms with van der Waals surface area (Å²) in [7, 11) is 0. The molecule has 1 N–H and O–H groups in total. The Morgan fingerprint density at radius 1 is 1.32 bits per heavy atom. The number of aryl methyl sites for hydroxylation is 1. The monoisotopic (exact) mass is 296 g/mol. The minimum absolute atomic E-state index is 0.149. The second-order valence-corrected chi connectivity index (χ2v) is 4.95. The van der Waals surface area contributed by atoms with Crippen molar-refractivity contribution < 1.29 is 9.32 Å². The molecule has 1 atom stereocenters. The number of amides is 1. The predicted molar refractivity (Wildman–Crippen MR) is 79.9 cm³/mol. The van der Waals surface area contributed by atoms with Crippen LogP contribution >= 0.6 is 0 Å². The van der Waals surface area contributed by atoms with Crippen molar-refractivity contribution >= 4 is 5.91 Å². The summed E-state index contributed by atoms with van der Waals surface area (Å²) in [6.07, 6.45) is 3.43. The van der Waals surface area contributed by atoms with Crippen molar-refractivity contribution in [3.63, 3.8) is 0 Å². The summed E-state index contributed by atoms with van der Waals surface area (Å²) in [5.41, 5.74) is 1.66. The predicted octanol–water partition coefficient (Wildman–Crippen LogP) is 2.09. The SMILES string of the molecule is Cc1cc(CNC(=O)[C@H](c2ccccc2)n2cccn2)on1. The fourth-order valence-corrected chi connectivity index (χ4v) is 2.26. The van der Waals surface area contributed by atoms with Gasteiger partial charge in [-0.2, -0.15) is 5.10 Å². The Kier molecular flexibility index (Phi) is 4.00. The lowest BCUT2D eigenvalue weighted by Gasteiger charge is -2.17. The molecule has 0 aliphatic carbocycles. The van der Waals surface area contributed by atoms with Crippen molar-refractivity contribution in [2.75, 3.05) is 0 Å². The van der Waals surface area contributed by atoms with Crippen LogP contribution in [-0.2, 0) is 11.3 Å². The van der Waals surface area contributed by atoms with Crippen LogP contribution in [0.1, 0.15) is 23.1 Å². The fraction of sp³-hybridized carbons (Fsp3) is 0.188. The standard InChI is InChI=1S/C16H16N4O2/c1-12-10-14(22-19-12)11-17-16(21)15(20-9-5-8-18-20)13-6-3-2-4-7-13/h2-10,15H,11H2,1H3,(H,17,21)/t15-/m0/s1. The summed E-state index contributed by atoms with van der Waals surface area (Å²) < 4.78 is 6.74. The van der Waals surface area contributed by atoms with Crippen LogP contribution in [0.5, 0.6) is 0 Å². The van der Waals surface area contributed by atoms with E-state index < -0.39 is 6.04 Å². The van der Waals surface area contributed by atoms with Crippen LogP contribution in [0, 0.1) is 6.92 Å². The summed E-state index contributed by atoms with van der Waals surface area (Å²) in [6.45, 7) is 2.13. The van der Waals surface area contributed by atoms with Gasteiger partial charge in [0.2, 0.25) is 5.91 Å². The average molecular weight is 296 g/mol. The molecular weight excluding hydrogens is 280 g/mol. The second-order valence-electron chi connectivity index (χ2n) is 4.95. The first-order valence-electron chi connectivity index (χ1n) is 6.98. The van der Waals surface area contributed by atoms with E-state index in [-0.39, 0.29) is 5.91 Å². The molecule has 6 heteroatoms. The van der Waals surface area contributed by atoms with Gasteiger partial charge in [-0.25, -0.2) is 0 Å². The van der Waals surface area contributed by atoms with E-state index in [0.717, 1.165) is 11.3 Å². The maximum absolute atomic E-state index is 12.6. The Bertz CT molecular complexity index is 735. The molecule has 2 aromatic heterocycles. The quantitative estimate of drug-likeness (QED) is 0.782. The number of carbonyl (C=O) groups is 1. The number of rotatable bonds is 5. The molecule has 1 amide bonds. The molecule has 1 aromatic carbocycles. The third kappa shape index (κ3) is 3.06. The van der Waals surface area contributed by atoms with Gasteiger partial charge in [-0.3, -0.25) is 9.48 Å². The summed E-state index contributed by atoms with van der Waals surface area (Å²) in [6, 6.07) is 12.6. The van der Waals surface area contributed by atoms with Gasteiger partial charge in [-0.1, -0.05) is 35.5 Å². The van der Waals surface area contributed by atoms with E-state index >= 15 is 0 Å². The highest BCUT2D eigenvalue weighted by molar-refractivity contribution is 5.83. The molecule has 0 aliphatic heterocycles. The topological polar surface area (TPSA) is 73.0 Å². The number of hydrogen-bond acceptors (Lipinski definition) is 4. The lowest BCUT2D eigenvalue weighted by Crippen LogP contribution is -2.33. The fourth-order valence-electron chi connectivity index (χ4n) is 2.26. The molecule has 112 valence electrons. The first-order valence-corrected chi connectivity index (χ1v) is 6.98. The van der Waals surface area contributed by atoms with Crippen LogP contribution in [0.4, 0.5) is 0 Å². The lowest BCUT2D eigenvalue weighted by atomic mass is 10.1. The van der Waals surface area contributed by atoms with Gasteiger partial charge in [-0.05, 0) is 18.6 Å². The summed E-state index contributed by atoms with van der Waals surface area (Å²) >= 11 is 0. The molecule has 2 heterocycles.